The maximum atomic E-state index is 13.6. The van der Waals surface area contributed by atoms with Gasteiger partial charge in [-0.2, -0.15) is 0 Å². The van der Waals surface area contributed by atoms with Gasteiger partial charge in [-0.15, -0.1) is 24.2 Å². The number of aliphatic hydroxyl groups is 1. The standard InChI is InChI=1S/C33H54N4O4.Mg/c1-7-19-14(2)22-13-27-30(18(6)38)16(4)24(35-27)11-23-15(3)20(8-9-29(40)41)32(36-23)21-10-28(39)31-17(5)25(37-33(21)31)12-26(19)34-22;/h14-27,30-34,36,38H,7-13H2,1-6H3,(H,40,41);/q-2;+2/t14?,15-,16?,17?,18?,19?,20-,21?,22?,23?,24?,25?,26?,27?,30?,31?,32?,33?;/m0./s1. The number of ketones is 1. The van der Waals surface area contributed by atoms with Crippen LogP contribution in [0.15, 0.2) is 0 Å². The van der Waals surface area contributed by atoms with E-state index in [9.17, 15) is 19.8 Å². The maximum absolute atomic E-state index is 13.6. The SMILES string of the molecule is CCC1C2CC3[N-]C4C(CC(=O)C4C3C)C3NC(CC4[N-]C(CC(N2)C1C)C(C(C)O)C4C)[C@@H](C)[C@@H]3CCC(=O)O.[Mg+2]. The smallest absolute Gasteiger partial charge is 0.656 e. The van der Waals surface area contributed by atoms with Gasteiger partial charge in [-0.3, -0.25) is 9.59 Å². The van der Waals surface area contributed by atoms with Gasteiger partial charge in [0.1, 0.15) is 5.78 Å². The van der Waals surface area contributed by atoms with Gasteiger partial charge in [-0.1, -0.05) is 72.1 Å². The molecule has 5 aliphatic heterocycles. The first-order valence-corrected chi connectivity index (χ1v) is 16.8. The molecule has 1 saturated carbocycles. The van der Waals surface area contributed by atoms with Crippen LogP contribution < -0.4 is 10.6 Å². The first-order valence-electron chi connectivity index (χ1n) is 16.8. The monoisotopic (exact) mass is 594 g/mol. The average Bonchev–Trinajstić information content (AvgIpc) is 3.65. The fourth-order valence-electron chi connectivity index (χ4n) is 11.1. The van der Waals surface area contributed by atoms with E-state index in [4.69, 9.17) is 10.6 Å². The normalized spacial score (nSPS) is 52.4. The number of nitrogens with one attached hydrogen (secondary N) is 2. The quantitative estimate of drug-likeness (QED) is 0.357. The third-order valence-electron chi connectivity index (χ3n) is 13.3. The van der Waals surface area contributed by atoms with Crippen LogP contribution in [0.5, 0.6) is 0 Å². The number of carboxylic acids is 1. The van der Waals surface area contributed by atoms with Crippen molar-refractivity contribution in [3.8, 4) is 0 Å². The number of Topliss-reactive ketones (excluding diaryl/α,β-unsaturated/α-hetero) is 1. The molecule has 8 nitrogen and oxygen atoms in total. The van der Waals surface area contributed by atoms with Crippen LogP contribution in [0.3, 0.4) is 0 Å². The van der Waals surface area contributed by atoms with E-state index in [0.717, 1.165) is 25.7 Å². The topological polar surface area (TPSA) is 127 Å². The summed E-state index contributed by atoms with van der Waals surface area (Å²) in [6.45, 7) is 13.5. The zero-order valence-corrected chi connectivity index (χ0v) is 28.1. The van der Waals surface area contributed by atoms with E-state index >= 15 is 0 Å². The number of hydrogen-bond donors (Lipinski definition) is 4. The molecule has 0 aromatic heterocycles. The summed E-state index contributed by atoms with van der Waals surface area (Å²) < 4.78 is 0. The summed E-state index contributed by atoms with van der Waals surface area (Å²) in [6.07, 6.45) is 4.92. The van der Waals surface area contributed by atoms with Gasteiger partial charge < -0.3 is 31.5 Å². The van der Waals surface area contributed by atoms with Gasteiger partial charge in [0.2, 0.25) is 0 Å². The molecule has 1 aliphatic carbocycles. The van der Waals surface area contributed by atoms with E-state index in [1.54, 1.807) is 0 Å². The second kappa shape index (κ2) is 12.8. The molecule has 9 heteroatoms. The Kier molecular flexibility index (Phi) is 10.1. The van der Waals surface area contributed by atoms with Crippen LogP contribution in [0.1, 0.15) is 86.5 Å². The van der Waals surface area contributed by atoms with Crippen molar-refractivity contribution in [1.29, 1.82) is 0 Å². The van der Waals surface area contributed by atoms with Gasteiger partial charge in [0.25, 0.3) is 0 Å². The van der Waals surface area contributed by atoms with E-state index in [0.29, 0.717) is 54.4 Å². The molecule has 42 heavy (non-hydrogen) atoms. The molecule has 232 valence electrons. The van der Waals surface area contributed by atoms with E-state index in [-0.39, 0.29) is 95.3 Å². The van der Waals surface area contributed by atoms with E-state index < -0.39 is 12.1 Å². The number of carbonyl (C=O) groups excluding carboxylic acids is 1. The van der Waals surface area contributed by atoms with Crippen LogP contribution in [0.2, 0.25) is 0 Å². The molecule has 6 rings (SSSR count). The maximum Gasteiger partial charge on any atom is 2.00 e. The minimum Gasteiger partial charge on any atom is -0.656 e. The van der Waals surface area contributed by atoms with Crippen LogP contribution >= 0.6 is 0 Å². The predicted octanol–water partition coefficient (Wildman–Crippen LogP) is 3.97. The van der Waals surface area contributed by atoms with Gasteiger partial charge >= 0.3 is 29.0 Å². The summed E-state index contributed by atoms with van der Waals surface area (Å²) in [6, 6.07) is 1.61. The Morgan fingerprint density at radius 1 is 0.905 bits per heavy atom. The average molecular weight is 595 g/mol. The van der Waals surface area contributed by atoms with Crippen molar-refractivity contribution in [1.82, 2.24) is 10.6 Å². The van der Waals surface area contributed by atoms with Gasteiger partial charge in [0.15, 0.2) is 0 Å². The molecule has 5 saturated heterocycles. The van der Waals surface area contributed by atoms with Crippen molar-refractivity contribution in [2.24, 2.45) is 53.3 Å². The Bertz CT molecular complexity index is 999. The number of carbonyl (C=O) groups is 2. The molecular weight excluding hydrogens is 541 g/mol. The third kappa shape index (κ3) is 5.64. The van der Waals surface area contributed by atoms with E-state index in [2.05, 4.69) is 45.3 Å². The van der Waals surface area contributed by atoms with E-state index in [1.165, 1.54) is 0 Å². The van der Waals surface area contributed by atoms with Crippen molar-refractivity contribution in [3.05, 3.63) is 10.6 Å². The molecule has 0 radical (unpaired) electrons. The van der Waals surface area contributed by atoms with Crippen LogP contribution in [0, 0.1) is 53.3 Å². The molecule has 16 unspecified atom stereocenters. The van der Waals surface area contributed by atoms with Crippen LogP contribution in [0.4, 0.5) is 0 Å². The van der Waals surface area contributed by atoms with Crippen molar-refractivity contribution < 1.29 is 19.8 Å². The molecule has 0 aromatic carbocycles. The number of nitrogens with zero attached hydrogens (tertiary/aromatic N) is 2. The predicted molar refractivity (Wildman–Crippen MR) is 165 cm³/mol. The number of carboxylic acid groups (broad SMARTS) is 1. The largest absolute Gasteiger partial charge is 2.00 e. The first-order chi connectivity index (χ1) is 19.5. The summed E-state index contributed by atoms with van der Waals surface area (Å²) >= 11 is 0. The summed E-state index contributed by atoms with van der Waals surface area (Å²) in [5.74, 6) is 2.07. The summed E-state index contributed by atoms with van der Waals surface area (Å²) in [7, 11) is 0. The molecule has 0 amide bonds. The molecule has 5 heterocycles. The zero-order valence-electron chi connectivity index (χ0n) is 26.7. The minimum atomic E-state index is -0.748. The van der Waals surface area contributed by atoms with Crippen molar-refractivity contribution in [3.63, 3.8) is 0 Å². The molecule has 18 atom stereocenters. The second-order valence-corrected chi connectivity index (χ2v) is 15.2. The zero-order chi connectivity index (χ0) is 29.3. The Morgan fingerprint density at radius 3 is 2.19 bits per heavy atom. The number of aliphatic carboxylic acids is 1. The molecular formula is C33H54MgN4O4. The third-order valence-corrected chi connectivity index (χ3v) is 13.3. The Hall–Kier alpha value is -0.294. The molecule has 8 bridgehead atoms. The van der Waals surface area contributed by atoms with Crippen molar-refractivity contribution in [2.45, 2.75) is 141 Å². The van der Waals surface area contributed by atoms with Crippen LogP contribution in [0.25, 0.3) is 10.6 Å². The van der Waals surface area contributed by atoms with Crippen molar-refractivity contribution >= 4 is 34.8 Å². The molecule has 6 fully saturated rings. The Balaban J connectivity index is 0.00000353. The minimum absolute atomic E-state index is 0. The Labute approximate surface area is 269 Å². The van der Waals surface area contributed by atoms with Crippen LogP contribution in [-0.4, -0.2) is 99.5 Å². The molecule has 0 aromatic rings. The van der Waals surface area contributed by atoms with Crippen LogP contribution in [-0.2, 0) is 9.59 Å². The van der Waals surface area contributed by atoms with E-state index in [1.807, 2.05) is 6.92 Å². The summed E-state index contributed by atoms with van der Waals surface area (Å²) in [5, 5.41) is 39.5. The van der Waals surface area contributed by atoms with Gasteiger partial charge in [0, 0.05) is 42.9 Å². The van der Waals surface area contributed by atoms with Gasteiger partial charge in [-0.25, -0.2) is 0 Å². The van der Waals surface area contributed by atoms with Gasteiger partial charge in [-0.05, 0) is 48.9 Å². The Morgan fingerprint density at radius 2 is 1.52 bits per heavy atom. The fourth-order valence-corrected chi connectivity index (χ4v) is 11.1. The number of hydrogen-bond acceptors (Lipinski definition) is 5. The molecule has 6 aliphatic rings. The van der Waals surface area contributed by atoms with Gasteiger partial charge in [0.05, 0.1) is 6.10 Å². The summed E-state index contributed by atoms with van der Waals surface area (Å²) in [5.41, 5.74) is 0. The number of aliphatic hydroxyl groups excluding tert-OH is 1. The first kappa shape index (κ1) is 33.1. The fraction of sp³-hybridized carbons (Fsp3) is 0.939. The number of fused-ring (bicyclic) bond motifs is 8. The molecule has 4 N–H and O–H groups in total. The second-order valence-electron chi connectivity index (χ2n) is 15.2. The molecule has 0 spiro atoms. The summed E-state index contributed by atoms with van der Waals surface area (Å²) in [4.78, 5) is 25.2. The number of rotatable bonds is 5. The van der Waals surface area contributed by atoms with Crippen molar-refractivity contribution in [2.75, 3.05) is 0 Å².